The van der Waals surface area contributed by atoms with Gasteiger partial charge in [-0.15, -0.1) is 12.4 Å². The molecule has 118 valence electrons. The van der Waals surface area contributed by atoms with E-state index in [1.165, 1.54) is 25.7 Å². The second-order valence-corrected chi connectivity index (χ2v) is 5.32. The summed E-state index contributed by atoms with van der Waals surface area (Å²) < 4.78 is 0. The van der Waals surface area contributed by atoms with E-state index < -0.39 is 12.0 Å². The van der Waals surface area contributed by atoms with Crippen molar-refractivity contribution in [1.82, 2.24) is 10.6 Å². The molecule has 1 fully saturated rings. The molecule has 5 nitrogen and oxygen atoms in total. The van der Waals surface area contributed by atoms with Crippen molar-refractivity contribution in [2.75, 3.05) is 6.54 Å². The van der Waals surface area contributed by atoms with Gasteiger partial charge in [0.05, 0.1) is 6.54 Å². The van der Waals surface area contributed by atoms with Crippen molar-refractivity contribution in [2.24, 2.45) is 0 Å². The fourth-order valence-corrected chi connectivity index (χ4v) is 2.52. The Balaban J connectivity index is 0.00000361. The lowest BCUT2D eigenvalue weighted by Gasteiger charge is -2.18. The van der Waals surface area contributed by atoms with Crippen molar-refractivity contribution in [3.63, 3.8) is 0 Å². The molecule has 0 aliphatic heterocycles. The van der Waals surface area contributed by atoms with Gasteiger partial charge >= 0.3 is 5.97 Å². The van der Waals surface area contributed by atoms with Crippen molar-refractivity contribution in [1.29, 1.82) is 0 Å². The van der Waals surface area contributed by atoms with Gasteiger partial charge in [-0.1, -0.05) is 39.0 Å². The van der Waals surface area contributed by atoms with Crippen LogP contribution in [0.3, 0.4) is 0 Å². The number of nitrogens with one attached hydrogen (secondary N) is 2. The zero-order valence-corrected chi connectivity index (χ0v) is 13.0. The zero-order chi connectivity index (χ0) is 14.1. The fourth-order valence-electron chi connectivity index (χ4n) is 2.52. The molecule has 0 saturated heterocycles. The molecule has 0 spiro atoms. The molecule has 1 saturated carbocycles. The quantitative estimate of drug-likeness (QED) is 0.629. The molecule has 1 atom stereocenters. The molecular weight excluding hydrogens is 280 g/mol. The summed E-state index contributed by atoms with van der Waals surface area (Å²) in [5, 5.41) is 14.8. The normalized spacial score (nSPS) is 17.6. The second-order valence-electron chi connectivity index (χ2n) is 5.32. The van der Waals surface area contributed by atoms with Crippen LogP contribution in [0.25, 0.3) is 0 Å². The van der Waals surface area contributed by atoms with E-state index in [0.29, 0.717) is 6.42 Å². The van der Waals surface area contributed by atoms with E-state index in [1.54, 1.807) is 0 Å². The molecule has 6 heteroatoms. The van der Waals surface area contributed by atoms with Gasteiger partial charge in [0.15, 0.2) is 0 Å². The van der Waals surface area contributed by atoms with Crippen LogP contribution in [0.5, 0.6) is 0 Å². The van der Waals surface area contributed by atoms with Gasteiger partial charge in [-0.2, -0.15) is 0 Å². The highest BCUT2D eigenvalue weighted by atomic mass is 35.5. The minimum atomic E-state index is -0.885. The van der Waals surface area contributed by atoms with Crippen LogP contribution >= 0.6 is 12.4 Å². The molecule has 3 N–H and O–H groups in total. The summed E-state index contributed by atoms with van der Waals surface area (Å²) in [4.78, 5) is 22.7. The zero-order valence-electron chi connectivity index (χ0n) is 12.2. The first-order valence-corrected chi connectivity index (χ1v) is 7.39. The Hall–Kier alpha value is -0.810. The maximum atomic E-state index is 11.8. The van der Waals surface area contributed by atoms with Crippen LogP contribution in [0.2, 0.25) is 0 Å². The highest BCUT2D eigenvalue weighted by molar-refractivity contribution is 5.85. The molecule has 0 radical (unpaired) electrons. The Morgan fingerprint density at radius 2 is 1.80 bits per heavy atom. The lowest BCUT2D eigenvalue weighted by Crippen LogP contribution is -2.45. The number of carbonyl (C=O) groups excluding carboxylic acids is 1. The van der Waals surface area contributed by atoms with Gasteiger partial charge in [-0.3, -0.25) is 14.9 Å². The fraction of sp³-hybridized carbons (Fsp3) is 0.857. The highest BCUT2D eigenvalue weighted by Crippen LogP contribution is 2.16. The summed E-state index contributed by atoms with van der Waals surface area (Å²) >= 11 is 0. The Morgan fingerprint density at radius 3 is 2.30 bits per heavy atom. The molecule has 1 aliphatic rings. The van der Waals surface area contributed by atoms with Crippen LogP contribution < -0.4 is 10.6 Å². The molecule has 20 heavy (non-hydrogen) atoms. The largest absolute Gasteiger partial charge is 0.480 e. The summed E-state index contributed by atoms with van der Waals surface area (Å²) in [6.07, 6.45) is 8.27. The van der Waals surface area contributed by atoms with Crippen molar-refractivity contribution < 1.29 is 14.7 Å². The van der Waals surface area contributed by atoms with Crippen molar-refractivity contribution in [3.8, 4) is 0 Å². The Bertz CT molecular complexity index is 292. The van der Waals surface area contributed by atoms with Crippen molar-refractivity contribution in [2.45, 2.75) is 70.4 Å². The van der Waals surface area contributed by atoms with E-state index in [2.05, 4.69) is 10.6 Å². The molecule has 0 aromatic carbocycles. The molecule has 1 unspecified atom stereocenters. The third-order valence-electron chi connectivity index (χ3n) is 3.60. The summed E-state index contributed by atoms with van der Waals surface area (Å²) in [6, 6.07) is -0.351. The number of carbonyl (C=O) groups is 2. The molecule has 0 aromatic heterocycles. The lowest BCUT2D eigenvalue weighted by molar-refractivity contribution is -0.139. The lowest BCUT2D eigenvalue weighted by atomic mass is 10.1. The SMILES string of the molecule is CCCC(NCC(=O)NC1CCCCCC1)C(=O)O.Cl. The van der Waals surface area contributed by atoms with Crippen LogP contribution in [0, 0.1) is 0 Å². The predicted molar refractivity (Wildman–Crippen MR) is 81.2 cm³/mol. The number of aliphatic carboxylic acids is 1. The molecular formula is C14H27ClN2O3. The van der Waals surface area contributed by atoms with Gasteiger partial charge in [0.1, 0.15) is 6.04 Å². The maximum Gasteiger partial charge on any atom is 0.320 e. The standard InChI is InChI=1S/C14H26N2O3.ClH/c1-2-7-12(14(18)19)15-10-13(17)16-11-8-5-3-4-6-9-11;/h11-12,15H,2-10H2,1H3,(H,16,17)(H,18,19);1H. The number of carboxylic acids is 1. The van der Waals surface area contributed by atoms with E-state index in [4.69, 9.17) is 5.11 Å². The second kappa shape index (κ2) is 10.9. The number of amides is 1. The first-order valence-electron chi connectivity index (χ1n) is 7.39. The average molecular weight is 307 g/mol. The first kappa shape index (κ1) is 19.2. The highest BCUT2D eigenvalue weighted by Gasteiger charge is 2.18. The third-order valence-corrected chi connectivity index (χ3v) is 3.60. The van der Waals surface area contributed by atoms with E-state index in [-0.39, 0.29) is 30.9 Å². The van der Waals surface area contributed by atoms with E-state index in [9.17, 15) is 9.59 Å². The van der Waals surface area contributed by atoms with Gasteiger partial charge < -0.3 is 10.4 Å². The van der Waals surface area contributed by atoms with Crippen molar-refractivity contribution in [3.05, 3.63) is 0 Å². The summed E-state index contributed by atoms with van der Waals surface area (Å²) in [7, 11) is 0. The van der Waals surface area contributed by atoms with Crippen molar-refractivity contribution >= 4 is 24.3 Å². The predicted octanol–water partition coefficient (Wildman–Crippen LogP) is 2.09. The summed E-state index contributed by atoms with van der Waals surface area (Å²) in [5.74, 6) is -0.974. The number of rotatable bonds is 7. The number of hydrogen-bond acceptors (Lipinski definition) is 3. The Labute approximate surface area is 127 Å². The van der Waals surface area contributed by atoms with Crippen LogP contribution in [-0.2, 0) is 9.59 Å². The van der Waals surface area contributed by atoms with Gasteiger partial charge in [-0.25, -0.2) is 0 Å². The first-order chi connectivity index (χ1) is 9.13. The Morgan fingerprint density at radius 1 is 1.20 bits per heavy atom. The molecule has 0 aromatic rings. The number of hydrogen-bond donors (Lipinski definition) is 3. The number of halogens is 1. The van der Waals surface area contributed by atoms with Crippen LogP contribution in [-0.4, -0.2) is 35.6 Å². The minimum absolute atomic E-state index is 0. The average Bonchev–Trinajstić information content (AvgIpc) is 2.62. The topological polar surface area (TPSA) is 78.4 Å². The van der Waals surface area contributed by atoms with E-state index in [0.717, 1.165) is 19.3 Å². The summed E-state index contributed by atoms with van der Waals surface area (Å²) in [6.45, 7) is 2.02. The van der Waals surface area contributed by atoms with Crippen LogP contribution in [0.4, 0.5) is 0 Å². The van der Waals surface area contributed by atoms with Crippen LogP contribution in [0.1, 0.15) is 58.3 Å². The molecule has 0 bridgehead atoms. The van der Waals surface area contributed by atoms with E-state index in [1.807, 2.05) is 6.92 Å². The molecule has 0 heterocycles. The smallest absolute Gasteiger partial charge is 0.320 e. The molecule has 1 aliphatic carbocycles. The maximum absolute atomic E-state index is 11.8. The Kier molecular flexibility index (Phi) is 10.5. The van der Waals surface area contributed by atoms with Gasteiger partial charge in [0, 0.05) is 6.04 Å². The van der Waals surface area contributed by atoms with Crippen LogP contribution in [0.15, 0.2) is 0 Å². The van der Waals surface area contributed by atoms with Gasteiger partial charge in [0.2, 0.25) is 5.91 Å². The van der Waals surface area contributed by atoms with Gasteiger partial charge in [0.25, 0.3) is 0 Å². The third kappa shape index (κ3) is 7.70. The minimum Gasteiger partial charge on any atom is -0.480 e. The monoisotopic (exact) mass is 306 g/mol. The summed E-state index contributed by atoms with van der Waals surface area (Å²) in [5.41, 5.74) is 0. The number of carboxylic acid groups (broad SMARTS) is 1. The van der Waals surface area contributed by atoms with E-state index >= 15 is 0 Å². The molecule has 1 rings (SSSR count). The van der Waals surface area contributed by atoms with Gasteiger partial charge in [-0.05, 0) is 19.3 Å². The molecule has 1 amide bonds.